The molecule has 0 saturated heterocycles. The topological polar surface area (TPSA) is 0 Å². The van der Waals surface area contributed by atoms with Crippen LogP contribution in [-0.4, -0.2) is 0 Å². The molecule has 0 N–H and O–H groups in total. The van der Waals surface area contributed by atoms with Crippen molar-refractivity contribution < 1.29 is 45.5 Å². The van der Waals surface area contributed by atoms with Gasteiger partial charge in [-0.15, -0.1) is 0 Å². The van der Waals surface area contributed by atoms with Crippen LogP contribution in [0, 0.1) is 0 Å². The molecular weight excluding hydrogens is 811 g/mol. The summed E-state index contributed by atoms with van der Waals surface area (Å²) < 4.78 is 81.0. The molecule has 0 aliphatic rings. The summed E-state index contributed by atoms with van der Waals surface area (Å²) in [5, 5.41) is 5.30. The molecule has 0 bridgehead atoms. The fraction of sp³-hybridized carbons (Fsp3) is 0.0455. The van der Waals surface area contributed by atoms with Crippen LogP contribution in [0.2, 0.25) is 0 Å². The monoisotopic (exact) mass is 843 g/mol. The van der Waals surface area contributed by atoms with Crippen molar-refractivity contribution in [2.45, 2.75) is 12.4 Å². The van der Waals surface area contributed by atoms with Crippen molar-refractivity contribution in [2.75, 3.05) is 0 Å². The first kappa shape index (κ1) is 39.8. The minimum Gasteiger partial charge on any atom is -0.0622 e. The zero-order valence-corrected chi connectivity index (χ0v) is 31.4. The molecular formula is C44H33F6P2Pd. The molecule has 0 heterocycles. The first-order valence-corrected chi connectivity index (χ1v) is 19.8. The standard InChI is InChI=1S/C20H13F6P.C18H15P.C6H5.Pd/c21-19(22,23)14-11-12-18(17(13-14)20(24,25)26)27(15-7-3-1-4-8-15)16-9-5-2-6-10-16;1-4-10-16(11-5-1)19(17-12-6-2-7-13-17)18-14-8-3-9-15-18;1-2-4-6-5-3-1;/h1-13H;1-15H;1-5H;. The van der Waals surface area contributed by atoms with E-state index in [2.05, 4.69) is 110 Å². The van der Waals surface area contributed by atoms with E-state index in [9.17, 15) is 26.3 Å². The van der Waals surface area contributed by atoms with Crippen LogP contribution in [0.15, 0.2) is 200 Å². The normalized spacial score (nSPS) is 11.3. The molecule has 0 amide bonds. The molecule has 0 aliphatic heterocycles. The van der Waals surface area contributed by atoms with Crippen molar-refractivity contribution in [2.24, 2.45) is 0 Å². The Kier molecular flexibility index (Phi) is 14.4. The summed E-state index contributed by atoms with van der Waals surface area (Å²) in [6, 6.07) is 61.3. The number of halogens is 6. The Morgan fingerprint density at radius 3 is 0.906 bits per heavy atom. The van der Waals surface area contributed by atoms with E-state index in [1.807, 2.05) is 30.3 Å². The van der Waals surface area contributed by atoms with Gasteiger partial charge in [0.15, 0.2) is 0 Å². The summed E-state index contributed by atoms with van der Waals surface area (Å²) in [7, 11) is -2.11. The van der Waals surface area contributed by atoms with E-state index in [-0.39, 0.29) is 11.4 Å². The van der Waals surface area contributed by atoms with Gasteiger partial charge in [0.2, 0.25) is 0 Å². The van der Waals surface area contributed by atoms with E-state index in [0.717, 1.165) is 6.07 Å². The summed E-state index contributed by atoms with van der Waals surface area (Å²) in [6.45, 7) is 0. The first-order valence-electron chi connectivity index (χ1n) is 16.3. The third-order valence-corrected chi connectivity index (χ3v) is 13.1. The van der Waals surface area contributed by atoms with Crippen LogP contribution in [0.1, 0.15) is 11.1 Å². The second-order valence-electron chi connectivity index (χ2n) is 11.3. The minimum absolute atomic E-state index is 0.150. The minimum atomic E-state index is -4.90. The molecule has 9 heteroatoms. The molecule has 0 radical (unpaired) electrons. The summed E-state index contributed by atoms with van der Waals surface area (Å²) in [5.74, 6) is 0. The Bertz CT molecular complexity index is 1960. The second kappa shape index (κ2) is 19.1. The van der Waals surface area contributed by atoms with Crippen molar-refractivity contribution in [1.82, 2.24) is 0 Å². The van der Waals surface area contributed by atoms with E-state index >= 15 is 0 Å². The second-order valence-corrected chi connectivity index (χ2v) is 16.6. The molecule has 0 aliphatic carbocycles. The van der Waals surface area contributed by atoms with Crippen molar-refractivity contribution in [3.8, 4) is 0 Å². The molecule has 53 heavy (non-hydrogen) atoms. The largest absolute Gasteiger partial charge is 0.0622 e. The number of benzene rings is 7. The summed E-state index contributed by atoms with van der Waals surface area (Å²) in [6.07, 6.45) is -9.75. The Morgan fingerprint density at radius 2 is 0.642 bits per heavy atom. The van der Waals surface area contributed by atoms with Gasteiger partial charge in [-0.1, -0.05) is 158 Å². The smallest absolute Gasteiger partial charge is 0.0134 e. The molecule has 0 unspecified atom stereocenters. The number of rotatable bonds is 6. The van der Waals surface area contributed by atoms with Gasteiger partial charge >= 0.3 is 65.9 Å². The number of alkyl halides is 6. The van der Waals surface area contributed by atoms with Crippen LogP contribution in [0.3, 0.4) is 0 Å². The van der Waals surface area contributed by atoms with Crippen LogP contribution >= 0.6 is 15.8 Å². The summed E-state index contributed by atoms with van der Waals surface area (Å²) >= 11 is 3.07. The van der Waals surface area contributed by atoms with Gasteiger partial charge in [-0.25, -0.2) is 0 Å². The molecule has 0 nitrogen and oxygen atoms in total. The average Bonchev–Trinajstić information content (AvgIpc) is 3.17. The van der Waals surface area contributed by atoms with E-state index < -0.39 is 39.3 Å². The molecule has 0 fully saturated rings. The zero-order chi connectivity index (χ0) is 37.7. The van der Waals surface area contributed by atoms with Crippen molar-refractivity contribution in [3.63, 3.8) is 0 Å². The average molecular weight is 844 g/mol. The SMILES string of the molecule is FC(F)(F)c1ccc(P(c2ccccc2)c2ccccc2)c(C(F)(F)F)c1.[Pd][c]1ccccc1.c1ccc(P(c2ccccc2)c2ccccc2)cc1. The predicted molar refractivity (Wildman–Crippen MR) is 206 cm³/mol. The van der Waals surface area contributed by atoms with E-state index in [1.54, 1.807) is 60.7 Å². The molecule has 0 atom stereocenters. The molecule has 7 aromatic carbocycles. The molecule has 7 aromatic rings. The Labute approximate surface area is 319 Å². The maximum atomic E-state index is 13.7. The Balaban J connectivity index is 0.000000179. The molecule has 0 saturated carbocycles. The van der Waals surface area contributed by atoms with Crippen LogP contribution in [0.4, 0.5) is 26.3 Å². The maximum Gasteiger partial charge on any atom is -0.0134 e. The molecule has 271 valence electrons. The quantitative estimate of drug-likeness (QED) is 0.0890. The third-order valence-electron chi connectivity index (χ3n) is 7.65. The number of hydrogen-bond donors (Lipinski definition) is 0. The summed E-state index contributed by atoms with van der Waals surface area (Å²) in [5.41, 5.74) is -2.56. The maximum absolute atomic E-state index is 13.7. The van der Waals surface area contributed by atoms with Gasteiger partial charge in [0.05, 0.1) is 11.1 Å². The van der Waals surface area contributed by atoms with Crippen LogP contribution < -0.4 is 35.9 Å². The van der Waals surface area contributed by atoms with E-state index in [1.165, 1.54) is 19.9 Å². The van der Waals surface area contributed by atoms with Gasteiger partial charge in [-0.2, -0.15) is 26.3 Å². The molecule has 7 rings (SSSR count). The van der Waals surface area contributed by atoms with Gasteiger partial charge in [-0.3, -0.25) is 0 Å². The van der Waals surface area contributed by atoms with E-state index in [0.29, 0.717) is 16.7 Å². The van der Waals surface area contributed by atoms with Gasteiger partial charge < -0.3 is 0 Å². The van der Waals surface area contributed by atoms with Gasteiger partial charge in [0, 0.05) is 0 Å². The fourth-order valence-electron chi connectivity index (χ4n) is 5.30. The Hall–Kier alpha value is -4.36. The zero-order valence-electron chi connectivity index (χ0n) is 28.0. The van der Waals surface area contributed by atoms with Crippen molar-refractivity contribution in [3.05, 3.63) is 211 Å². The van der Waals surface area contributed by atoms with Crippen LogP contribution in [0.5, 0.6) is 0 Å². The van der Waals surface area contributed by atoms with E-state index in [4.69, 9.17) is 0 Å². The molecule has 0 aromatic heterocycles. The summed E-state index contributed by atoms with van der Waals surface area (Å²) in [4.78, 5) is 0. The first-order chi connectivity index (χ1) is 25.5. The fourth-order valence-corrected chi connectivity index (χ4v) is 10.4. The van der Waals surface area contributed by atoms with Crippen LogP contribution in [-0.2, 0) is 31.6 Å². The van der Waals surface area contributed by atoms with Gasteiger partial charge in [-0.05, 0) is 59.8 Å². The number of hydrogen-bond acceptors (Lipinski definition) is 0. The van der Waals surface area contributed by atoms with Crippen molar-refractivity contribution >= 4 is 51.7 Å². The predicted octanol–water partition coefficient (Wildman–Crippen LogP) is 9.79. The van der Waals surface area contributed by atoms with Crippen LogP contribution in [0.25, 0.3) is 0 Å². The Morgan fingerprint density at radius 1 is 0.340 bits per heavy atom. The van der Waals surface area contributed by atoms with Gasteiger partial charge in [0.25, 0.3) is 0 Å². The molecule has 0 spiro atoms. The third kappa shape index (κ3) is 11.6. The van der Waals surface area contributed by atoms with Gasteiger partial charge in [0.1, 0.15) is 0 Å². The van der Waals surface area contributed by atoms with Crippen molar-refractivity contribution in [1.29, 1.82) is 0 Å².